The molecular weight excluding hydrogens is 623 g/mol. The van der Waals surface area contributed by atoms with Gasteiger partial charge in [-0.1, -0.05) is 19.1 Å². The highest BCUT2D eigenvalue weighted by atomic mass is 19.1. The van der Waals surface area contributed by atoms with Crippen LogP contribution in [-0.4, -0.2) is 61.5 Å². The lowest BCUT2D eigenvalue weighted by Crippen LogP contribution is -2.42. The highest BCUT2D eigenvalue weighted by Crippen LogP contribution is 2.39. The normalized spacial score (nSPS) is 14.5. The van der Waals surface area contributed by atoms with E-state index >= 15 is 4.39 Å². The number of aliphatic hydroxyl groups is 1. The van der Waals surface area contributed by atoms with Gasteiger partial charge in [0.25, 0.3) is 6.33 Å². The summed E-state index contributed by atoms with van der Waals surface area (Å²) in [5, 5.41) is 16.1. The summed E-state index contributed by atoms with van der Waals surface area (Å²) < 4.78 is 56.9. The standard InChI is InChI=1S/C30H35F3N9O5/c1-18(26-24(33)12-36-15-38-26)30(45,22-7-6-21(31)11-23(22)32)14-42-17-41(16-39-42)19(2)47-29(44)40(3)27-20(5-4-10-37-27)13-46-28(43)25(35)8-9-34/h4-7,10-12,15-19,25,45H,8-9,13-14,34-35H2,1-3H3/q+1/t18-,19?,25-,30?/m0/s1. The molecule has 1 amide bonds. The van der Waals surface area contributed by atoms with Crippen molar-refractivity contribution < 1.29 is 41.9 Å². The van der Waals surface area contributed by atoms with Gasteiger partial charge in [0, 0.05) is 48.4 Å². The fourth-order valence-corrected chi connectivity index (χ4v) is 4.79. The van der Waals surface area contributed by atoms with E-state index in [1.54, 1.807) is 19.1 Å². The molecule has 0 aliphatic heterocycles. The van der Waals surface area contributed by atoms with Crippen LogP contribution in [0.5, 0.6) is 0 Å². The molecule has 1 aromatic carbocycles. The van der Waals surface area contributed by atoms with Crippen LogP contribution < -0.4 is 20.9 Å². The number of carbonyl (C=O) groups is 2. The molecular formula is C30H35F3N9O5+. The molecule has 4 rings (SSSR count). The maximum atomic E-state index is 15.0. The number of amides is 1. The molecule has 0 saturated heterocycles. The Bertz CT molecular complexity index is 1710. The Morgan fingerprint density at radius 2 is 1.94 bits per heavy atom. The van der Waals surface area contributed by atoms with Crippen molar-refractivity contribution >= 4 is 17.9 Å². The first kappa shape index (κ1) is 34.9. The number of carbonyl (C=O) groups excluding carboxylic acids is 2. The number of esters is 1. The van der Waals surface area contributed by atoms with Crippen LogP contribution in [0.15, 0.2) is 61.7 Å². The number of anilines is 1. The molecule has 47 heavy (non-hydrogen) atoms. The lowest BCUT2D eigenvalue weighted by molar-refractivity contribution is -0.753. The van der Waals surface area contributed by atoms with Gasteiger partial charge in [-0.15, -0.1) is 4.68 Å². The van der Waals surface area contributed by atoms with E-state index in [9.17, 15) is 23.5 Å². The molecule has 0 saturated carbocycles. The molecule has 0 radical (unpaired) electrons. The third-order valence-electron chi connectivity index (χ3n) is 7.52. The summed E-state index contributed by atoms with van der Waals surface area (Å²) in [5.41, 5.74) is 8.91. The van der Waals surface area contributed by atoms with E-state index < -0.39 is 59.8 Å². The largest absolute Gasteiger partial charge is 0.460 e. The van der Waals surface area contributed by atoms with E-state index in [1.165, 1.54) is 42.1 Å². The molecule has 0 spiro atoms. The van der Waals surface area contributed by atoms with E-state index in [-0.39, 0.29) is 36.6 Å². The molecule has 0 aliphatic carbocycles. The predicted octanol–water partition coefficient (Wildman–Crippen LogP) is 1.98. The van der Waals surface area contributed by atoms with Crippen molar-refractivity contribution in [2.45, 2.75) is 57.2 Å². The number of nitrogens with two attached hydrogens (primary N) is 2. The van der Waals surface area contributed by atoms with Gasteiger partial charge < -0.3 is 26.0 Å². The number of hydrogen-bond acceptors (Lipinski definition) is 11. The molecule has 250 valence electrons. The van der Waals surface area contributed by atoms with E-state index in [4.69, 9.17) is 20.9 Å². The minimum atomic E-state index is -2.18. The lowest BCUT2D eigenvalue weighted by atomic mass is 9.79. The highest BCUT2D eigenvalue weighted by molar-refractivity contribution is 5.86. The molecule has 3 heterocycles. The van der Waals surface area contributed by atoms with Crippen molar-refractivity contribution in [3.05, 3.63) is 96.0 Å². The molecule has 17 heteroatoms. The summed E-state index contributed by atoms with van der Waals surface area (Å²) in [6, 6.07) is 5.00. The average Bonchev–Trinajstić information content (AvgIpc) is 3.51. The van der Waals surface area contributed by atoms with E-state index in [0.717, 1.165) is 29.6 Å². The lowest BCUT2D eigenvalue weighted by Gasteiger charge is -2.32. The first-order valence-corrected chi connectivity index (χ1v) is 14.4. The number of nitrogens with zero attached hydrogens (tertiary/aromatic N) is 7. The van der Waals surface area contributed by atoms with Gasteiger partial charge >= 0.3 is 12.1 Å². The summed E-state index contributed by atoms with van der Waals surface area (Å²) >= 11 is 0. The highest BCUT2D eigenvalue weighted by Gasteiger charge is 2.43. The summed E-state index contributed by atoms with van der Waals surface area (Å²) in [6.45, 7) is 2.56. The second-order valence-electron chi connectivity index (χ2n) is 10.7. The quantitative estimate of drug-likeness (QED) is 0.141. The maximum Gasteiger partial charge on any atom is 0.418 e. The zero-order valence-electron chi connectivity index (χ0n) is 25.8. The first-order valence-electron chi connectivity index (χ1n) is 14.4. The fourth-order valence-electron chi connectivity index (χ4n) is 4.79. The number of rotatable bonds is 13. The molecule has 5 N–H and O–H groups in total. The smallest absolute Gasteiger partial charge is 0.418 e. The third kappa shape index (κ3) is 8.05. The van der Waals surface area contributed by atoms with Crippen molar-refractivity contribution in [2.24, 2.45) is 11.5 Å². The SMILES string of the molecule is CC(OC(=O)N(C)c1ncccc1COC(=O)[C@@H](N)CCN)[n+]1cnn(CC(O)(c2ccc(F)cc2F)[C@@H](C)c2ncncc2F)c1. The third-order valence-corrected chi connectivity index (χ3v) is 7.52. The number of hydrogen-bond donors (Lipinski definition) is 3. The average molecular weight is 659 g/mol. The van der Waals surface area contributed by atoms with E-state index in [1.807, 2.05) is 0 Å². The molecule has 0 bridgehead atoms. The topological polar surface area (TPSA) is 188 Å². The Kier molecular flexibility index (Phi) is 11.2. The molecule has 4 atom stereocenters. The Morgan fingerprint density at radius 3 is 2.64 bits per heavy atom. The monoisotopic (exact) mass is 658 g/mol. The summed E-state index contributed by atoms with van der Waals surface area (Å²) in [5.74, 6) is -4.38. The number of pyridine rings is 1. The van der Waals surface area contributed by atoms with Gasteiger partial charge in [-0.25, -0.2) is 32.9 Å². The Morgan fingerprint density at radius 1 is 1.17 bits per heavy atom. The Hall–Kier alpha value is -5.00. The zero-order valence-corrected chi connectivity index (χ0v) is 25.8. The van der Waals surface area contributed by atoms with Gasteiger partial charge in [0.05, 0.1) is 11.9 Å². The van der Waals surface area contributed by atoms with Crippen LogP contribution in [0.1, 0.15) is 49.2 Å². The van der Waals surface area contributed by atoms with Crippen LogP contribution in [0.2, 0.25) is 0 Å². The van der Waals surface area contributed by atoms with E-state index in [2.05, 4.69) is 20.1 Å². The Labute approximate surface area is 267 Å². The molecule has 2 unspecified atom stereocenters. The predicted molar refractivity (Wildman–Crippen MR) is 158 cm³/mol. The van der Waals surface area contributed by atoms with Crippen molar-refractivity contribution in [3.63, 3.8) is 0 Å². The molecule has 0 aliphatic rings. The van der Waals surface area contributed by atoms with Gasteiger partial charge in [0.2, 0.25) is 12.6 Å². The van der Waals surface area contributed by atoms with Gasteiger partial charge in [0.15, 0.2) is 5.82 Å². The van der Waals surface area contributed by atoms with E-state index in [0.29, 0.717) is 11.6 Å². The van der Waals surface area contributed by atoms with Crippen molar-refractivity contribution in [3.8, 4) is 0 Å². The molecule has 4 aromatic rings. The summed E-state index contributed by atoms with van der Waals surface area (Å²) in [4.78, 5) is 38.1. The van der Waals surface area contributed by atoms with Crippen LogP contribution in [0, 0.1) is 17.5 Å². The molecule has 0 fully saturated rings. The summed E-state index contributed by atoms with van der Waals surface area (Å²) in [6.07, 6.45) is 4.60. The van der Waals surface area contributed by atoms with Crippen molar-refractivity contribution in [1.29, 1.82) is 0 Å². The summed E-state index contributed by atoms with van der Waals surface area (Å²) in [7, 11) is 1.42. The number of halogens is 3. The molecule has 3 aromatic heterocycles. The van der Waals surface area contributed by atoms with Crippen molar-refractivity contribution in [2.75, 3.05) is 18.5 Å². The Balaban J connectivity index is 1.51. The number of benzene rings is 1. The van der Waals surface area contributed by atoms with Gasteiger partial charge in [-0.2, -0.15) is 4.57 Å². The number of aromatic nitrogens is 6. The zero-order chi connectivity index (χ0) is 34.3. The first-order chi connectivity index (χ1) is 22.3. The van der Waals surface area contributed by atoms with Crippen LogP contribution in [-0.2, 0) is 33.0 Å². The van der Waals surface area contributed by atoms with Crippen LogP contribution in [0.25, 0.3) is 0 Å². The van der Waals surface area contributed by atoms with Gasteiger partial charge in [-0.05, 0) is 25.1 Å². The number of ether oxygens (including phenoxy) is 2. The van der Waals surface area contributed by atoms with Crippen LogP contribution in [0.4, 0.5) is 23.8 Å². The second-order valence-corrected chi connectivity index (χ2v) is 10.7. The van der Waals surface area contributed by atoms with Gasteiger partial charge in [-0.3, -0.25) is 9.69 Å². The van der Waals surface area contributed by atoms with Crippen molar-refractivity contribution in [1.82, 2.24) is 24.7 Å². The fraction of sp³-hybridized carbons (Fsp3) is 0.367. The van der Waals surface area contributed by atoms with Crippen LogP contribution in [0.3, 0.4) is 0 Å². The van der Waals surface area contributed by atoms with Gasteiger partial charge in [0.1, 0.15) is 48.6 Å². The molecule has 14 nitrogen and oxygen atoms in total. The second kappa shape index (κ2) is 15.1. The minimum Gasteiger partial charge on any atom is -0.460 e. The minimum absolute atomic E-state index is 0.169. The van der Waals surface area contributed by atoms with Crippen LogP contribution >= 0.6 is 0 Å². The maximum absolute atomic E-state index is 15.0.